The van der Waals surface area contributed by atoms with Crippen molar-refractivity contribution in [2.24, 2.45) is 11.8 Å². The van der Waals surface area contributed by atoms with Crippen molar-refractivity contribution < 1.29 is 31.1 Å². The van der Waals surface area contributed by atoms with Crippen LogP contribution in [0.1, 0.15) is 30.6 Å². The van der Waals surface area contributed by atoms with Gasteiger partial charge in [0.25, 0.3) is 5.91 Å². The number of carbonyl (C=O) groups excluding carboxylic acids is 1. The maximum absolute atomic E-state index is 13.0. The third kappa shape index (κ3) is 5.82. The molecule has 1 fully saturated rings. The molecule has 0 saturated carbocycles. The number of ether oxygens (including phenoxy) is 1. The number of nitrogens with zero attached hydrogens (tertiary/aromatic N) is 3. The standard InChI is InChI=1S/C23H24F2N4O5S/c1-14-11-15(2)13-29(12-14)35(31,32)19-9-5-16(6-10-19)20(30)26-23-28-27-21(34-23)17-3-7-18(8-4-17)33-22(24)25/h3-10,14-15,22H,11-13H2,1-2H3,(H,26,28,30)/t14-,15+. The molecule has 2 aromatic carbocycles. The number of carbonyl (C=O) groups is 1. The van der Waals surface area contributed by atoms with E-state index in [1.165, 1.54) is 52.8 Å². The van der Waals surface area contributed by atoms with Gasteiger partial charge in [-0.1, -0.05) is 18.9 Å². The minimum atomic E-state index is -3.66. The first kappa shape index (κ1) is 24.7. The maximum atomic E-state index is 13.0. The van der Waals surface area contributed by atoms with Crippen LogP contribution in [0.15, 0.2) is 57.8 Å². The Bertz CT molecular complexity index is 1270. The van der Waals surface area contributed by atoms with Crippen LogP contribution in [-0.2, 0) is 10.0 Å². The van der Waals surface area contributed by atoms with Gasteiger partial charge in [0.05, 0.1) is 4.90 Å². The van der Waals surface area contributed by atoms with Gasteiger partial charge in [-0.15, -0.1) is 5.10 Å². The first-order valence-electron chi connectivity index (χ1n) is 10.9. The summed E-state index contributed by atoms with van der Waals surface area (Å²) < 4.78 is 61.7. The molecule has 3 aromatic rings. The molecule has 1 amide bonds. The van der Waals surface area contributed by atoms with Crippen LogP contribution in [0.3, 0.4) is 0 Å². The van der Waals surface area contributed by atoms with Crippen molar-refractivity contribution in [1.82, 2.24) is 14.5 Å². The summed E-state index contributed by atoms with van der Waals surface area (Å²) in [5.41, 5.74) is 0.646. The van der Waals surface area contributed by atoms with Gasteiger partial charge in [0, 0.05) is 24.2 Å². The van der Waals surface area contributed by atoms with Crippen molar-refractivity contribution in [3.8, 4) is 17.2 Å². The van der Waals surface area contributed by atoms with E-state index >= 15 is 0 Å². The van der Waals surface area contributed by atoms with Gasteiger partial charge in [-0.3, -0.25) is 10.1 Å². The van der Waals surface area contributed by atoms with Gasteiger partial charge in [-0.05, 0) is 66.8 Å². The van der Waals surface area contributed by atoms with E-state index < -0.39 is 22.5 Å². The highest BCUT2D eigenvalue weighted by Crippen LogP contribution is 2.27. The smallest absolute Gasteiger partial charge is 0.387 e. The molecule has 0 spiro atoms. The lowest BCUT2D eigenvalue weighted by Gasteiger charge is -2.34. The number of alkyl halides is 2. The normalized spacial score (nSPS) is 19.0. The second-order valence-electron chi connectivity index (χ2n) is 8.56. The van der Waals surface area contributed by atoms with Gasteiger partial charge in [0.15, 0.2) is 0 Å². The van der Waals surface area contributed by atoms with Gasteiger partial charge in [-0.2, -0.15) is 13.1 Å². The van der Waals surface area contributed by atoms with E-state index in [-0.39, 0.29) is 39.9 Å². The quantitative estimate of drug-likeness (QED) is 0.509. The SMILES string of the molecule is C[C@@H]1C[C@H](C)CN(S(=O)(=O)c2ccc(C(=O)Nc3nnc(-c4ccc(OC(F)F)cc4)o3)cc2)C1. The molecule has 35 heavy (non-hydrogen) atoms. The highest BCUT2D eigenvalue weighted by molar-refractivity contribution is 7.89. The molecule has 1 aliphatic rings. The molecule has 186 valence electrons. The number of benzene rings is 2. The summed E-state index contributed by atoms with van der Waals surface area (Å²) in [6, 6.07) is 11.0. The molecule has 2 atom stereocenters. The molecule has 0 aliphatic carbocycles. The Balaban J connectivity index is 1.41. The molecule has 9 nitrogen and oxygen atoms in total. The zero-order valence-corrected chi connectivity index (χ0v) is 19.8. The fourth-order valence-electron chi connectivity index (χ4n) is 4.07. The van der Waals surface area contributed by atoms with Crippen LogP contribution < -0.4 is 10.1 Å². The lowest BCUT2D eigenvalue weighted by atomic mass is 9.94. The fourth-order valence-corrected chi connectivity index (χ4v) is 5.75. The number of halogens is 2. The van der Waals surface area contributed by atoms with Gasteiger partial charge in [-0.25, -0.2) is 8.42 Å². The minimum absolute atomic E-state index is 0.0217. The molecule has 2 heterocycles. The monoisotopic (exact) mass is 506 g/mol. The second kappa shape index (κ2) is 10.1. The summed E-state index contributed by atoms with van der Waals surface area (Å²) in [6.07, 6.45) is 0.987. The maximum Gasteiger partial charge on any atom is 0.387 e. The number of hydrogen-bond donors (Lipinski definition) is 1. The number of sulfonamides is 1. The van der Waals surface area contributed by atoms with E-state index in [1.54, 1.807) is 0 Å². The first-order valence-corrected chi connectivity index (χ1v) is 12.4. The van der Waals surface area contributed by atoms with Crippen LogP contribution in [0.25, 0.3) is 11.5 Å². The van der Waals surface area contributed by atoms with E-state index in [9.17, 15) is 22.0 Å². The second-order valence-corrected chi connectivity index (χ2v) is 10.5. The summed E-state index contributed by atoms with van der Waals surface area (Å²) >= 11 is 0. The van der Waals surface area contributed by atoms with Crippen molar-refractivity contribution in [3.05, 3.63) is 54.1 Å². The Hall–Kier alpha value is -3.38. The Labute approximate surface area is 201 Å². The van der Waals surface area contributed by atoms with E-state index in [2.05, 4.69) is 20.3 Å². The molecule has 1 N–H and O–H groups in total. The number of piperidine rings is 1. The summed E-state index contributed by atoms with van der Waals surface area (Å²) in [5.74, 6) is 0.0375. The van der Waals surface area contributed by atoms with Crippen molar-refractivity contribution in [1.29, 1.82) is 0 Å². The van der Waals surface area contributed by atoms with Crippen LogP contribution in [0.4, 0.5) is 14.8 Å². The molecule has 4 rings (SSSR count). The lowest BCUT2D eigenvalue weighted by molar-refractivity contribution is -0.0498. The van der Waals surface area contributed by atoms with E-state index in [1.807, 2.05) is 13.8 Å². The molecule has 1 saturated heterocycles. The zero-order valence-electron chi connectivity index (χ0n) is 19.0. The molecule has 12 heteroatoms. The molecule has 1 aliphatic heterocycles. The number of anilines is 1. The van der Waals surface area contributed by atoms with Gasteiger partial charge in [0.2, 0.25) is 15.9 Å². The van der Waals surface area contributed by atoms with Gasteiger partial charge < -0.3 is 9.15 Å². The van der Waals surface area contributed by atoms with Crippen LogP contribution in [0.5, 0.6) is 5.75 Å². The number of nitrogens with one attached hydrogen (secondary N) is 1. The predicted octanol–water partition coefficient (Wildman–Crippen LogP) is 4.26. The van der Waals surface area contributed by atoms with Crippen molar-refractivity contribution in [2.75, 3.05) is 18.4 Å². The highest BCUT2D eigenvalue weighted by Gasteiger charge is 2.31. The molecule has 0 unspecified atom stereocenters. The summed E-state index contributed by atoms with van der Waals surface area (Å²) in [4.78, 5) is 12.7. The Morgan fingerprint density at radius 3 is 2.29 bits per heavy atom. The number of rotatable bonds is 7. The van der Waals surface area contributed by atoms with Crippen molar-refractivity contribution in [3.63, 3.8) is 0 Å². The third-order valence-electron chi connectivity index (χ3n) is 5.56. The predicted molar refractivity (Wildman–Crippen MR) is 122 cm³/mol. The number of aromatic nitrogens is 2. The molecular formula is C23H24F2N4O5S. The number of amides is 1. The fraction of sp³-hybridized carbons (Fsp3) is 0.348. The average molecular weight is 507 g/mol. The van der Waals surface area contributed by atoms with Crippen LogP contribution >= 0.6 is 0 Å². The topological polar surface area (TPSA) is 115 Å². The molecule has 0 radical (unpaired) electrons. The van der Waals surface area contributed by atoms with E-state index in [0.717, 1.165) is 6.42 Å². The lowest BCUT2D eigenvalue weighted by Crippen LogP contribution is -2.42. The largest absolute Gasteiger partial charge is 0.435 e. The average Bonchev–Trinajstić information content (AvgIpc) is 3.27. The Morgan fingerprint density at radius 2 is 1.69 bits per heavy atom. The van der Waals surface area contributed by atoms with Crippen molar-refractivity contribution in [2.45, 2.75) is 31.8 Å². The zero-order chi connectivity index (χ0) is 25.2. The van der Waals surface area contributed by atoms with Crippen LogP contribution in [-0.4, -0.2) is 48.5 Å². The summed E-state index contributed by atoms with van der Waals surface area (Å²) in [5, 5.41) is 10.0. The third-order valence-corrected chi connectivity index (χ3v) is 7.41. The van der Waals surface area contributed by atoms with Gasteiger partial charge in [0.1, 0.15) is 5.75 Å². The van der Waals surface area contributed by atoms with Crippen molar-refractivity contribution >= 4 is 21.9 Å². The van der Waals surface area contributed by atoms with E-state index in [0.29, 0.717) is 18.7 Å². The van der Waals surface area contributed by atoms with E-state index in [4.69, 9.17) is 4.42 Å². The molecule has 1 aromatic heterocycles. The van der Waals surface area contributed by atoms with Gasteiger partial charge >= 0.3 is 12.6 Å². The molecular weight excluding hydrogens is 482 g/mol. The minimum Gasteiger partial charge on any atom is -0.435 e. The highest BCUT2D eigenvalue weighted by atomic mass is 32.2. The Morgan fingerprint density at radius 1 is 1.06 bits per heavy atom. The van der Waals surface area contributed by atoms with Crippen LogP contribution in [0, 0.1) is 11.8 Å². The molecule has 0 bridgehead atoms. The van der Waals surface area contributed by atoms with Crippen LogP contribution in [0.2, 0.25) is 0 Å². The number of hydrogen-bond acceptors (Lipinski definition) is 7. The summed E-state index contributed by atoms with van der Waals surface area (Å²) in [7, 11) is -3.66. The Kier molecular flexibility index (Phi) is 7.13. The first-order chi connectivity index (χ1) is 16.6. The summed E-state index contributed by atoms with van der Waals surface area (Å²) in [6.45, 7) is 2.07.